The number of nitrogens with zero attached hydrogens (tertiary/aromatic N) is 2. The van der Waals surface area contributed by atoms with E-state index in [-0.39, 0.29) is 5.92 Å². The molecular formula is C15H12BrClN2O. The van der Waals surface area contributed by atoms with Crippen LogP contribution < -0.4 is 0 Å². The Morgan fingerprint density at radius 1 is 1.15 bits per heavy atom. The lowest BCUT2D eigenvalue weighted by molar-refractivity contribution is 0.626. The average molecular weight is 352 g/mol. The molecule has 3 nitrogen and oxygen atoms in total. The van der Waals surface area contributed by atoms with Crippen LogP contribution in [0.3, 0.4) is 0 Å². The molecule has 0 amide bonds. The molecule has 0 unspecified atom stereocenters. The molecule has 5 heteroatoms. The van der Waals surface area contributed by atoms with E-state index >= 15 is 0 Å². The van der Waals surface area contributed by atoms with Crippen LogP contribution in [0, 0.1) is 0 Å². The van der Waals surface area contributed by atoms with Gasteiger partial charge >= 0.3 is 0 Å². The lowest BCUT2D eigenvalue weighted by atomic mass is 10.2. The van der Waals surface area contributed by atoms with Crippen molar-refractivity contribution in [2.24, 2.45) is 0 Å². The van der Waals surface area contributed by atoms with E-state index in [1.807, 2.05) is 30.3 Å². The summed E-state index contributed by atoms with van der Waals surface area (Å²) in [7, 11) is 0. The number of rotatable bonds is 2. The Morgan fingerprint density at radius 2 is 1.95 bits per heavy atom. The maximum absolute atomic E-state index is 5.99. The number of furan rings is 1. The molecule has 0 radical (unpaired) electrons. The minimum Gasteiger partial charge on any atom is -0.454 e. The maximum atomic E-state index is 5.99. The van der Waals surface area contributed by atoms with Crippen molar-refractivity contribution in [3.63, 3.8) is 0 Å². The molecule has 20 heavy (non-hydrogen) atoms. The van der Waals surface area contributed by atoms with Crippen molar-refractivity contribution < 1.29 is 4.42 Å². The van der Waals surface area contributed by atoms with E-state index in [2.05, 4.69) is 39.7 Å². The van der Waals surface area contributed by atoms with Gasteiger partial charge in [0.25, 0.3) is 0 Å². The lowest BCUT2D eigenvalue weighted by Gasteiger charge is -2.05. The highest BCUT2D eigenvalue weighted by molar-refractivity contribution is 9.10. The molecule has 0 aliphatic heterocycles. The highest BCUT2D eigenvalue weighted by atomic mass is 79.9. The summed E-state index contributed by atoms with van der Waals surface area (Å²) in [6, 6.07) is 9.35. The molecule has 2 aromatic heterocycles. The number of halogens is 2. The van der Waals surface area contributed by atoms with Gasteiger partial charge in [0, 0.05) is 22.4 Å². The van der Waals surface area contributed by atoms with Crippen molar-refractivity contribution in [1.82, 2.24) is 9.97 Å². The summed E-state index contributed by atoms with van der Waals surface area (Å²) < 4.78 is 6.58. The summed E-state index contributed by atoms with van der Waals surface area (Å²) in [4.78, 5) is 8.92. The summed E-state index contributed by atoms with van der Waals surface area (Å²) in [6.07, 6.45) is 0. The smallest absolute Gasteiger partial charge is 0.153 e. The van der Waals surface area contributed by atoms with Crippen LogP contribution in [0.4, 0.5) is 0 Å². The maximum Gasteiger partial charge on any atom is 0.153 e. The first-order chi connectivity index (χ1) is 9.52. The highest BCUT2D eigenvalue weighted by Gasteiger charge is 2.12. The summed E-state index contributed by atoms with van der Waals surface area (Å²) in [5, 5.41) is 1.66. The first-order valence-corrected chi connectivity index (χ1v) is 7.44. The Labute approximate surface area is 130 Å². The monoisotopic (exact) mass is 350 g/mol. The van der Waals surface area contributed by atoms with E-state index < -0.39 is 0 Å². The summed E-state index contributed by atoms with van der Waals surface area (Å²) in [5.74, 6) is 1.75. The van der Waals surface area contributed by atoms with Gasteiger partial charge in [-0.2, -0.15) is 0 Å². The van der Waals surface area contributed by atoms with Gasteiger partial charge in [-0.25, -0.2) is 9.97 Å². The molecule has 0 fully saturated rings. The molecule has 0 aliphatic carbocycles. The quantitative estimate of drug-likeness (QED) is 0.578. The topological polar surface area (TPSA) is 38.9 Å². The van der Waals surface area contributed by atoms with Gasteiger partial charge in [0.2, 0.25) is 0 Å². The van der Waals surface area contributed by atoms with Crippen molar-refractivity contribution in [2.75, 3.05) is 0 Å². The molecule has 0 bridgehead atoms. The molecule has 1 aromatic carbocycles. The third kappa shape index (κ3) is 2.58. The zero-order valence-corrected chi connectivity index (χ0v) is 13.4. The molecule has 0 atom stereocenters. The van der Waals surface area contributed by atoms with Crippen LogP contribution in [0.2, 0.25) is 5.02 Å². The van der Waals surface area contributed by atoms with E-state index in [1.165, 1.54) is 0 Å². The second-order valence-corrected chi connectivity index (χ2v) is 6.13. The van der Waals surface area contributed by atoms with E-state index in [1.54, 1.807) is 0 Å². The molecule has 2 heterocycles. The average Bonchev–Trinajstić information content (AvgIpc) is 2.80. The largest absolute Gasteiger partial charge is 0.454 e. The molecule has 0 aliphatic rings. The van der Waals surface area contributed by atoms with Crippen LogP contribution in [0.15, 0.2) is 39.4 Å². The zero-order valence-electron chi connectivity index (χ0n) is 11.0. The molecular weight excluding hydrogens is 340 g/mol. The fraction of sp³-hybridized carbons (Fsp3) is 0.200. The van der Waals surface area contributed by atoms with Gasteiger partial charge in [0.1, 0.15) is 21.7 Å². The van der Waals surface area contributed by atoms with E-state index in [9.17, 15) is 0 Å². The van der Waals surface area contributed by atoms with Crippen molar-refractivity contribution >= 4 is 38.5 Å². The second-order valence-electron chi connectivity index (χ2n) is 4.88. The van der Waals surface area contributed by atoms with Gasteiger partial charge in [-0.15, -0.1) is 0 Å². The van der Waals surface area contributed by atoms with E-state index in [0.717, 1.165) is 27.1 Å². The van der Waals surface area contributed by atoms with Gasteiger partial charge in [-0.1, -0.05) is 25.4 Å². The minimum atomic E-state index is 0.255. The van der Waals surface area contributed by atoms with Gasteiger partial charge in [0.05, 0.1) is 0 Å². The van der Waals surface area contributed by atoms with Gasteiger partial charge in [0.15, 0.2) is 5.76 Å². The van der Waals surface area contributed by atoms with Crippen LogP contribution in [0.5, 0.6) is 0 Å². The summed E-state index contributed by atoms with van der Waals surface area (Å²) in [6.45, 7) is 4.12. The van der Waals surface area contributed by atoms with Gasteiger partial charge in [-0.05, 0) is 40.2 Å². The zero-order chi connectivity index (χ0) is 14.3. The number of fused-ring (bicyclic) bond motifs is 1. The Hall–Kier alpha value is -1.39. The standard InChI is InChI=1S/C15H12BrClN2O/c1-8(2)15-18-11(7-14(16)19-15)13-6-9-5-10(17)3-4-12(9)20-13/h3-8H,1-2H3. The van der Waals surface area contributed by atoms with Crippen LogP contribution >= 0.6 is 27.5 Å². The van der Waals surface area contributed by atoms with E-state index in [4.69, 9.17) is 16.0 Å². The number of hydrogen-bond donors (Lipinski definition) is 0. The van der Waals surface area contributed by atoms with E-state index in [0.29, 0.717) is 10.8 Å². The molecule has 0 saturated carbocycles. The minimum absolute atomic E-state index is 0.255. The third-order valence-corrected chi connectivity index (χ3v) is 3.60. The molecule has 102 valence electrons. The second kappa shape index (κ2) is 5.19. The third-order valence-electron chi connectivity index (χ3n) is 2.96. The number of aromatic nitrogens is 2. The number of benzene rings is 1. The highest BCUT2D eigenvalue weighted by Crippen LogP contribution is 2.30. The predicted molar refractivity (Wildman–Crippen MR) is 84.0 cm³/mol. The fourth-order valence-electron chi connectivity index (χ4n) is 1.96. The summed E-state index contributed by atoms with van der Waals surface area (Å²) in [5.41, 5.74) is 1.56. The summed E-state index contributed by atoms with van der Waals surface area (Å²) >= 11 is 9.41. The van der Waals surface area contributed by atoms with Gasteiger partial charge in [-0.3, -0.25) is 0 Å². The Bertz CT molecular complexity index is 783. The van der Waals surface area contributed by atoms with Crippen molar-refractivity contribution in [1.29, 1.82) is 0 Å². The lowest BCUT2D eigenvalue weighted by Crippen LogP contribution is -1.99. The Balaban J connectivity index is 2.15. The van der Waals surface area contributed by atoms with Crippen LogP contribution in [0.1, 0.15) is 25.6 Å². The van der Waals surface area contributed by atoms with Crippen LogP contribution in [-0.2, 0) is 0 Å². The Morgan fingerprint density at radius 3 is 2.70 bits per heavy atom. The van der Waals surface area contributed by atoms with Crippen molar-refractivity contribution in [3.05, 3.63) is 45.8 Å². The molecule has 0 N–H and O–H groups in total. The molecule has 3 rings (SSSR count). The normalized spacial score (nSPS) is 11.4. The first-order valence-electron chi connectivity index (χ1n) is 6.27. The van der Waals surface area contributed by atoms with Crippen molar-refractivity contribution in [3.8, 4) is 11.5 Å². The van der Waals surface area contributed by atoms with Crippen molar-refractivity contribution in [2.45, 2.75) is 19.8 Å². The van der Waals surface area contributed by atoms with Crippen LogP contribution in [0.25, 0.3) is 22.4 Å². The molecule has 0 saturated heterocycles. The molecule has 3 aromatic rings. The SMILES string of the molecule is CC(C)c1nc(Br)cc(-c2cc3cc(Cl)ccc3o2)n1. The molecule has 0 spiro atoms. The Kier molecular flexibility index (Phi) is 3.52. The fourth-order valence-corrected chi connectivity index (χ4v) is 2.54. The van der Waals surface area contributed by atoms with Crippen LogP contribution in [-0.4, -0.2) is 9.97 Å². The number of hydrogen-bond acceptors (Lipinski definition) is 3. The predicted octanol–water partition coefficient (Wildman–Crippen LogP) is 5.43. The van der Waals surface area contributed by atoms with Gasteiger partial charge < -0.3 is 4.42 Å². The first kappa shape index (κ1) is 13.6.